The van der Waals surface area contributed by atoms with E-state index in [0.29, 0.717) is 45.5 Å². The Bertz CT molecular complexity index is 1620. The fourth-order valence-electron chi connectivity index (χ4n) is 6.68. The second-order valence-electron chi connectivity index (χ2n) is 11.2. The van der Waals surface area contributed by atoms with Crippen molar-refractivity contribution in [1.82, 2.24) is 24.8 Å². The molecule has 0 aliphatic carbocycles. The molecular formula is C31H33FN6O2. The Kier molecular flexibility index (Phi) is 6.25. The maximum absolute atomic E-state index is 14.8. The van der Waals surface area contributed by atoms with Crippen molar-refractivity contribution in [2.24, 2.45) is 0 Å². The zero-order valence-electron chi connectivity index (χ0n) is 22.6. The van der Waals surface area contributed by atoms with E-state index in [0.717, 1.165) is 64.2 Å². The lowest BCUT2D eigenvalue weighted by atomic mass is 9.95. The third-order valence-electron chi connectivity index (χ3n) is 8.73. The number of rotatable bonds is 5. The number of fused-ring (bicyclic) bond motifs is 4. The number of phenolic OH excluding ortho intramolecular Hbond substituents is 1. The van der Waals surface area contributed by atoms with Crippen molar-refractivity contribution in [3.05, 3.63) is 47.9 Å². The number of ether oxygens (including phenoxy) is 1. The van der Waals surface area contributed by atoms with E-state index in [-0.39, 0.29) is 17.4 Å². The van der Waals surface area contributed by atoms with E-state index >= 15 is 0 Å². The van der Waals surface area contributed by atoms with Gasteiger partial charge in [0.1, 0.15) is 23.5 Å². The molecular weight excluding hydrogens is 507 g/mol. The lowest BCUT2D eigenvalue weighted by Crippen LogP contribution is -2.51. The summed E-state index contributed by atoms with van der Waals surface area (Å²) in [5.41, 5.74) is 1.99. The molecule has 3 aliphatic rings. The van der Waals surface area contributed by atoms with E-state index < -0.39 is 5.82 Å². The molecule has 3 saturated heterocycles. The van der Waals surface area contributed by atoms with Crippen LogP contribution >= 0.6 is 0 Å². The molecule has 2 N–H and O–H groups in total. The number of likely N-dealkylation sites (tertiary alicyclic amines) is 1. The van der Waals surface area contributed by atoms with Crippen LogP contribution in [0.15, 0.2) is 36.5 Å². The zero-order chi connectivity index (χ0) is 27.4. The molecule has 2 unspecified atom stereocenters. The van der Waals surface area contributed by atoms with Crippen molar-refractivity contribution >= 4 is 22.2 Å². The number of hydrogen-bond donors (Lipinski definition) is 2. The summed E-state index contributed by atoms with van der Waals surface area (Å²) >= 11 is 0. The van der Waals surface area contributed by atoms with Gasteiger partial charge in [0.25, 0.3) is 0 Å². The molecule has 3 fully saturated rings. The van der Waals surface area contributed by atoms with E-state index in [9.17, 15) is 9.50 Å². The molecule has 0 radical (unpaired) electrons. The quantitative estimate of drug-likeness (QED) is 0.368. The number of hydrogen-bond acceptors (Lipinski definition) is 7. The Morgan fingerprint density at radius 1 is 1.10 bits per heavy atom. The van der Waals surface area contributed by atoms with E-state index in [1.807, 2.05) is 10.6 Å². The summed E-state index contributed by atoms with van der Waals surface area (Å²) in [5, 5.41) is 20.3. The molecule has 2 atom stereocenters. The van der Waals surface area contributed by atoms with E-state index in [1.165, 1.54) is 6.07 Å². The van der Waals surface area contributed by atoms with Gasteiger partial charge in [-0.1, -0.05) is 18.9 Å². The van der Waals surface area contributed by atoms with Crippen LogP contribution in [0.3, 0.4) is 0 Å². The molecule has 4 aromatic rings. The summed E-state index contributed by atoms with van der Waals surface area (Å²) in [6, 6.07) is 9.06. The number of benzene rings is 2. The van der Waals surface area contributed by atoms with Crippen molar-refractivity contribution in [3.63, 3.8) is 0 Å². The van der Waals surface area contributed by atoms with Gasteiger partial charge in [-0.3, -0.25) is 0 Å². The molecule has 3 aliphatic heterocycles. The average Bonchev–Trinajstić information content (AvgIpc) is 3.54. The van der Waals surface area contributed by atoms with Crippen LogP contribution in [0.4, 0.5) is 10.2 Å². The fraction of sp³-hybridized carbons (Fsp3) is 0.419. The van der Waals surface area contributed by atoms with Crippen LogP contribution < -0.4 is 15.0 Å². The summed E-state index contributed by atoms with van der Waals surface area (Å²) in [7, 11) is 0. The minimum Gasteiger partial charge on any atom is -0.508 e. The number of anilines is 1. The number of nitrogens with zero attached hydrogens (tertiary/aromatic N) is 5. The minimum absolute atomic E-state index is 0.0606. The zero-order valence-corrected chi connectivity index (χ0v) is 22.6. The monoisotopic (exact) mass is 540 g/mol. The maximum atomic E-state index is 14.8. The Labute approximate surface area is 232 Å². The van der Waals surface area contributed by atoms with Crippen molar-refractivity contribution in [2.45, 2.75) is 50.8 Å². The maximum Gasteiger partial charge on any atom is 0.219 e. The van der Waals surface area contributed by atoms with E-state index in [4.69, 9.17) is 21.2 Å². The third-order valence-corrected chi connectivity index (χ3v) is 8.73. The molecule has 0 amide bonds. The molecule has 7 rings (SSSR count). The Morgan fingerprint density at radius 2 is 1.88 bits per heavy atom. The molecule has 8 nitrogen and oxygen atoms in total. The largest absolute Gasteiger partial charge is 0.508 e. The first kappa shape index (κ1) is 25.1. The Morgan fingerprint density at radius 3 is 2.60 bits per heavy atom. The first-order valence-corrected chi connectivity index (χ1v) is 14.2. The SMILES string of the molecule is C#Cc1c(F)ccc2cc(O)cc(-c3cnn4c(N5CC6CCC(C5)N6)cc(OC5CCN(CC)CC5)nc34)c12. The highest BCUT2D eigenvalue weighted by atomic mass is 19.1. The molecule has 0 spiro atoms. The van der Waals surface area contributed by atoms with Gasteiger partial charge in [-0.2, -0.15) is 14.6 Å². The average molecular weight is 541 g/mol. The van der Waals surface area contributed by atoms with Gasteiger partial charge in [-0.25, -0.2) is 4.39 Å². The fourth-order valence-corrected chi connectivity index (χ4v) is 6.68. The van der Waals surface area contributed by atoms with E-state index in [1.54, 1.807) is 24.4 Å². The predicted octanol–water partition coefficient (Wildman–Crippen LogP) is 4.18. The van der Waals surface area contributed by atoms with Crippen LogP contribution in [0.2, 0.25) is 0 Å². The summed E-state index contributed by atoms with van der Waals surface area (Å²) in [4.78, 5) is 9.76. The van der Waals surface area contributed by atoms with Gasteiger partial charge in [-0.15, -0.1) is 6.42 Å². The van der Waals surface area contributed by atoms with Gasteiger partial charge in [0, 0.05) is 55.3 Å². The molecule has 9 heteroatoms. The Hall–Kier alpha value is -3.87. The molecule has 40 heavy (non-hydrogen) atoms. The van der Waals surface area contributed by atoms with Gasteiger partial charge < -0.3 is 25.0 Å². The molecule has 2 aromatic heterocycles. The van der Waals surface area contributed by atoms with Crippen LogP contribution in [0.1, 0.15) is 38.2 Å². The van der Waals surface area contributed by atoms with Crippen molar-refractivity contribution in [2.75, 3.05) is 37.6 Å². The summed E-state index contributed by atoms with van der Waals surface area (Å²) < 4.78 is 23.2. The number of halogens is 1. The molecule has 0 saturated carbocycles. The second-order valence-corrected chi connectivity index (χ2v) is 11.2. The standard InChI is InChI=1S/C31H33FN6O2/c1-3-24-27(32)8-5-19-13-22(39)14-25(30(19)24)26-16-33-38-29(37-17-20-6-7-21(18-37)34-20)15-28(35-31(26)38)40-23-9-11-36(4-2)12-10-23/h1,5,8,13-16,20-21,23,34,39H,4,6-7,9-12,17-18H2,2H3. The summed E-state index contributed by atoms with van der Waals surface area (Å²) in [6.45, 7) is 6.99. The van der Waals surface area contributed by atoms with Crippen LogP contribution in [-0.2, 0) is 0 Å². The van der Waals surface area contributed by atoms with Crippen molar-refractivity contribution < 1.29 is 14.2 Å². The van der Waals surface area contributed by atoms with Crippen LogP contribution in [0, 0.1) is 18.2 Å². The lowest BCUT2D eigenvalue weighted by molar-refractivity contribution is 0.0999. The lowest BCUT2D eigenvalue weighted by Gasteiger charge is -2.35. The van der Waals surface area contributed by atoms with Gasteiger partial charge >= 0.3 is 0 Å². The number of nitrogens with one attached hydrogen (secondary N) is 1. The van der Waals surface area contributed by atoms with Crippen molar-refractivity contribution in [3.8, 4) is 35.1 Å². The third kappa shape index (κ3) is 4.32. The number of piperazine rings is 1. The van der Waals surface area contributed by atoms with Crippen LogP contribution in [0.25, 0.3) is 27.5 Å². The number of piperidine rings is 1. The molecule has 2 aromatic carbocycles. The first-order valence-electron chi connectivity index (χ1n) is 14.2. The number of phenols is 1. The van der Waals surface area contributed by atoms with Gasteiger partial charge in [0.05, 0.1) is 11.8 Å². The van der Waals surface area contributed by atoms with Gasteiger partial charge in [0.15, 0.2) is 5.65 Å². The Balaban J connectivity index is 1.38. The normalized spacial score (nSPS) is 21.8. The second kappa shape index (κ2) is 9.95. The number of aromatic hydroxyl groups is 1. The van der Waals surface area contributed by atoms with Crippen LogP contribution in [-0.4, -0.2) is 75.5 Å². The predicted molar refractivity (Wildman–Crippen MR) is 153 cm³/mol. The van der Waals surface area contributed by atoms with Crippen molar-refractivity contribution in [1.29, 1.82) is 0 Å². The number of aromatic nitrogens is 3. The topological polar surface area (TPSA) is 78.2 Å². The van der Waals surface area contributed by atoms with Gasteiger partial charge in [0.2, 0.25) is 5.88 Å². The summed E-state index contributed by atoms with van der Waals surface area (Å²) in [5.74, 6) is 3.57. The van der Waals surface area contributed by atoms with E-state index in [2.05, 4.69) is 28.0 Å². The highest BCUT2D eigenvalue weighted by Crippen LogP contribution is 2.39. The smallest absolute Gasteiger partial charge is 0.219 e. The molecule has 2 bridgehead atoms. The first-order chi connectivity index (χ1) is 19.5. The molecule has 5 heterocycles. The summed E-state index contributed by atoms with van der Waals surface area (Å²) in [6.07, 6.45) is 11.8. The van der Waals surface area contributed by atoms with Crippen LogP contribution in [0.5, 0.6) is 11.6 Å². The number of terminal acetylenes is 1. The highest BCUT2D eigenvalue weighted by molar-refractivity contribution is 6.04. The minimum atomic E-state index is -0.481. The van der Waals surface area contributed by atoms with Gasteiger partial charge in [-0.05, 0) is 61.4 Å². The molecule has 206 valence electrons. The highest BCUT2D eigenvalue weighted by Gasteiger charge is 2.34.